The van der Waals surface area contributed by atoms with Gasteiger partial charge in [0.05, 0.1) is 12.4 Å². The minimum absolute atomic E-state index is 0.0325. The molecule has 0 saturated carbocycles. The molecule has 20 heavy (non-hydrogen) atoms. The van der Waals surface area contributed by atoms with Gasteiger partial charge in [0.2, 0.25) is 16.0 Å². The number of hydrogen-bond donors (Lipinski definition) is 3. The van der Waals surface area contributed by atoms with Crippen molar-refractivity contribution in [2.45, 2.75) is 30.7 Å². The zero-order valence-electron chi connectivity index (χ0n) is 11.4. The van der Waals surface area contributed by atoms with E-state index in [9.17, 15) is 8.42 Å². The summed E-state index contributed by atoms with van der Waals surface area (Å²) in [6.45, 7) is 4.46. The minimum atomic E-state index is -3.58. The Hall–Kier alpha value is -1.29. The van der Waals surface area contributed by atoms with Crippen LogP contribution < -0.4 is 16.0 Å². The predicted octanol–water partition coefficient (Wildman–Crippen LogP) is -0.475. The number of hydrazine groups is 1. The molecule has 0 radical (unpaired) electrons. The van der Waals surface area contributed by atoms with Crippen LogP contribution in [0.5, 0.6) is 0 Å². The minimum Gasteiger partial charge on any atom is -0.299 e. The van der Waals surface area contributed by atoms with Crippen molar-refractivity contribution in [3.05, 3.63) is 12.4 Å². The fraction of sp³-hybridized carbons (Fsp3) is 0.636. The Labute approximate surface area is 118 Å². The molecule has 0 aliphatic carbocycles. The van der Waals surface area contributed by atoms with E-state index in [1.54, 1.807) is 0 Å². The Morgan fingerprint density at radius 3 is 2.50 bits per heavy atom. The first-order valence-electron chi connectivity index (χ1n) is 6.55. The van der Waals surface area contributed by atoms with Gasteiger partial charge in [0.25, 0.3) is 0 Å². The van der Waals surface area contributed by atoms with E-state index in [2.05, 4.69) is 25.0 Å². The summed E-state index contributed by atoms with van der Waals surface area (Å²) in [7, 11) is -3.58. The average molecular weight is 300 g/mol. The number of hydrogen-bond acceptors (Lipinski definition) is 7. The van der Waals surface area contributed by atoms with E-state index in [4.69, 9.17) is 5.84 Å². The largest absolute Gasteiger partial charge is 0.299 e. The SMILES string of the molecule is CC(CNS(=O)(=O)c1cnc(NN)nc1)N1CCCC1. The van der Waals surface area contributed by atoms with Gasteiger partial charge in [0, 0.05) is 12.6 Å². The molecule has 0 spiro atoms. The van der Waals surface area contributed by atoms with E-state index in [1.165, 1.54) is 25.2 Å². The molecule has 0 bridgehead atoms. The van der Waals surface area contributed by atoms with E-state index in [1.807, 2.05) is 6.92 Å². The summed E-state index contributed by atoms with van der Waals surface area (Å²) in [6.07, 6.45) is 4.81. The fourth-order valence-electron chi connectivity index (χ4n) is 2.15. The lowest BCUT2D eigenvalue weighted by Gasteiger charge is -2.23. The van der Waals surface area contributed by atoms with Gasteiger partial charge in [0.15, 0.2) is 0 Å². The second-order valence-corrected chi connectivity index (χ2v) is 6.60. The molecule has 1 aliphatic rings. The molecule has 1 aliphatic heterocycles. The second kappa shape index (κ2) is 6.44. The Balaban J connectivity index is 1.95. The molecule has 4 N–H and O–H groups in total. The molecule has 0 amide bonds. The molecule has 0 aromatic carbocycles. The summed E-state index contributed by atoms with van der Waals surface area (Å²) in [4.78, 5) is 9.89. The zero-order chi connectivity index (χ0) is 14.6. The normalized spacial score (nSPS) is 18.1. The van der Waals surface area contributed by atoms with Crippen LogP contribution in [0.1, 0.15) is 19.8 Å². The number of nitrogens with two attached hydrogens (primary N) is 1. The number of anilines is 1. The van der Waals surface area contributed by atoms with Gasteiger partial charge < -0.3 is 0 Å². The zero-order valence-corrected chi connectivity index (χ0v) is 12.2. The summed E-state index contributed by atoms with van der Waals surface area (Å²) >= 11 is 0. The number of nitrogens with one attached hydrogen (secondary N) is 2. The number of likely N-dealkylation sites (tertiary alicyclic amines) is 1. The highest BCUT2D eigenvalue weighted by Crippen LogP contribution is 2.12. The summed E-state index contributed by atoms with van der Waals surface area (Å²) in [5.41, 5.74) is 2.25. The molecule has 8 nitrogen and oxygen atoms in total. The van der Waals surface area contributed by atoms with Crippen LogP contribution in [-0.2, 0) is 10.0 Å². The van der Waals surface area contributed by atoms with Crippen LogP contribution in [0.4, 0.5) is 5.95 Å². The quantitative estimate of drug-likeness (QED) is 0.480. The van der Waals surface area contributed by atoms with Gasteiger partial charge in [-0.3, -0.25) is 10.3 Å². The molecule has 9 heteroatoms. The highest BCUT2D eigenvalue weighted by atomic mass is 32.2. The van der Waals surface area contributed by atoms with Crippen molar-refractivity contribution < 1.29 is 8.42 Å². The monoisotopic (exact) mass is 300 g/mol. The van der Waals surface area contributed by atoms with Gasteiger partial charge in [-0.25, -0.2) is 29.0 Å². The van der Waals surface area contributed by atoms with Crippen LogP contribution in [0.2, 0.25) is 0 Å². The van der Waals surface area contributed by atoms with Gasteiger partial charge in [-0.05, 0) is 32.9 Å². The number of nitrogens with zero attached hydrogens (tertiary/aromatic N) is 3. The maximum atomic E-state index is 12.1. The van der Waals surface area contributed by atoms with Gasteiger partial charge in [-0.15, -0.1) is 0 Å². The van der Waals surface area contributed by atoms with Gasteiger partial charge in [0.1, 0.15) is 4.90 Å². The van der Waals surface area contributed by atoms with Gasteiger partial charge in [-0.1, -0.05) is 0 Å². The van der Waals surface area contributed by atoms with Crippen LogP contribution in [0, 0.1) is 0 Å². The number of rotatable bonds is 6. The molecule has 1 saturated heterocycles. The first-order chi connectivity index (χ1) is 9.53. The highest BCUT2D eigenvalue weighted by molar-refractivity contribution is 7.89. The predicted molar refractivity (Wildman–Crippen MR) is 75.3 cm³/mol. The summed E-state index contributed by atoms with van der Waals surface area (Å²) in [6, 6.07) is 0.179. The topological polar surface area (TPSA) is 113 Å². The number of nitrogen functional groups attached to an aromatic ring is 1. The molecule has 2 rings (SSSR count). The lowest BCUT2D eigenvalue weighted by Crippen LogP contribution is -2.40. The van der Waals surface area contributed by atoms with Crippen molar-refractivity contribution in [2.24, 2.45) is 5.84 Å². The maximum Gasteiger partial charge on any atom is 0.243 e. The first kappa shape index (κ1) is 15.1. The molecule has 1 fully saturated rings. The average Bonchev–Trinajstić information content (AvgIpc) is 2.99. The van der Waals surface area contributed by atoms with E-state index in [-0.39, 0.29) is 16.9 Å². The third kappa shape index (κ3) is 3.63. The van der Waals surface area contributed by atoms with E-state index < -0.39 is 10.0 Å². The van der Waals surface area contributed by atoms with E-state index in [0.29, 0.717) is 6.54 Å². The first-order valence-corrected chi connectivity index (χ1v) is 8.03. The van der Waals surface area contributed by atoms with Crippen LogP contribution in [0.3, 0.4) is 0 Å². The lowest BCUT2D eigenvalue weighted by atomic mass is 10.3. The number of aromatic nitrogens is 2. The number of sulfonamides is 1. The van der Waals surface area contributed by atoms with Crippen LogP contribution in [0.15, 0.2) is 17.3 Å². The molecule has 1 aromatic heterocycles. The molecule has 1 atom stereocenters. The Morgan fingerprint density at radius 2 is 1.95 bits per heavy atom. The van der Waals surface area contributed by atoms with Crippen molar-refractivity contribution in [2.75, 3.05) is 25.1 Å². The summed E-state index contributed by atoms with van der Waals surface area (Å²) < 4.78 is 26.8. The summed E-state index contributed by atoms with van der Waals surface area (Å²) in [5.74, 6) is 5.31. The van der Waals surface area contributed by atoms with Crippen molar-refractivity contribution in [3.8, 4) is 0 Å². The lowest BCUT2D eigenvalue weighted by molar-refractivity contribution is 0.260. The summed E-state index contributed by atoms with van der Waals surface area (Å²) in [5, 5.41) is 0. The van der Waals surface area contributed by atoms with Crippen LogP contribution in [-0.4, -0.2) is 49.0 Å². The molecule has 1 unspecified atom stereocenters. The van der Waals surface area contributed by atoms with E-state index >= 15 is 0 Å². The second-order valence-electron chi connectivity index (χ2n) is 4.83. The smallest absolute Gasteiger partial charge is 0.243 e. The molecular formula is C11H20N6O2S. The molecule has 2 heterocycles. The molecule has 112 valence electrons. The third-order valence-corrected chi connectivity index (χ3v) is 4.78. The molecular weight excluding hydrogens is 280 g/mol. The van der Waals surface area contributed by atoms with Crippen LogP contribution in [0.25, 0.3) is 0 Å². The van der Waals surface area contributed by atoms with Gasteiger partial charge >= 0.3 is 0 Å². The Morgan fingerprint density at radius 1 is 1.35 bits per heavy atom. The third-order valence-electron chi connectivity index (χ3n) is 3.40. The maximum absolute atomic E-state index is 12.1. The van der Waals surface area contributed by atoms with E-state index in [0.717, 1.165) is 13.1 Å². The Bertz CT molecular complexity index is 526. The van der Waals surface area contributed by atoms with Gasteiger partial charge in [-0.2, -0.15) is 0 Å². The highest BCUT2D eigenvalue weighted by Gasteiger charge is 2.21. The van der Waals surface area contributed by atoms with Crippen molar-refractivity contribution in [1.29, 1.82) is 0 Å². The van der Waals surface area contributed by atoms with Crippen molar-refractivity contribution in [1.82, 2.24) is 19.6 Å². The standard InChI is InChI=1S/C11H20N6O2S/c1-9(17-4-2-3-5-17)6-15-20(18,19)10-7-13-11(16-12)14-8-10/h7-9,15H,2-6,12H2,1H3,(H,13,14,16). The fourth-order valence-corrected chi connectivity index (χ4v) is 3.16. The molecule has 1 aromatic rings. The van der Waals surface area contributed by atoms with Crippen LogP contribution >= 0.6 is 0 Å². The van der Waals surface area contributed by atoms with Crippen molar-refractivity contribution in [3.63, 3.8) is 0 Å². The Kier molecular flexibility index (Phi) is 4.86. The van der Waals surface area contributed by atoms with Crippen molar-refractivity contribution >= 4 is 16.0 Å².